The van der Waals surface area contributed by atoms with Crippen molar-refractivity contribution < 1.29 is 23.1 Å². The Hall–Kier alpha value is -1.16. The maximum atomic E-state index is 12.6. The Balaban J connectivity index is 2.95. The molecule has 0 aliphatic carbocycles. The van der Waals surface area contributed by atoms with E-state index in [-0.39, 0.29) is 19.0 Å². The molecule has 0 radical (unpaired) electrons. The number of carbonyl (C=O) groups excluding carboxylic acids is 1. The number of ether oxygens (including phenoxy) is 1. The number of carbonyl (C=O) groups is 1. The Bertz CT molecular complexity index is 473. The van der Waals surface area contributed by atoms with Crippen LogP contribution < -0.4 is 4.74 Å². The third-order valence-electron chi connectivity index (χ3n) is 2.85. The van der Waals surface area contributed by atoms with Crippen molar-refractivity contribution in [2.75, 3.05) is 20.3 Å². The molecule has 112 valence electrons. The highest BCUT2D eigenvalue weighted by atomic mass is 31.2. The van der Waals surface area contributed by atoms with E-state index in [1.807, 2.05) is 0 Å². The van der Waals surface area contributed by atoms with E-state index in [4.69, 9.17) is 13.8 Å². The van der Waals surface area contributed by atoms with Crippen molar-refractivity contribution in [1.29, 1.82) is 0 Å². The van der Waals surface area contributed by atoms with E-state index < -0.39 is 13.3 Å². The fourth-order valence-electron chi connectivity index (χ4n) is 1.76. The first-order valence-electron chi connectivity index (χ1n) is 6.55. The van der Waals surface area contributed by atoms with Gasteiger partial charge in [0.2, 0.25) is 0 Å². The van der Waals surface area contributed by atoms with Crippen molar-refractivity contribution in [2.45, 2.75) is 26.4 Å². The van der Waals surface area contributed by atoms with Crippen LogP contribution in [0.25, 0.3) is 0 Å². The van der Waals surface area contributed by atoms with Gasteiger partial charge in [-0.3, -0.25) is 9.36 Å². The Morgan fingerprint density at radius 3 is 2.05 bits per heavy atom. The van der Waals surface area contributed by atoms with Crippen LogP contribution in [0.5, 0.6) is 5.75 Å². The monoisotopic (exact) mass is 300 g/mol. The molecule has 0 heterocycles. The Morgan fingerprint density at radius 2 is 1.65 bits per heavy atom. The predicted octanol–water partition coefficient (Wildman–Crippen LogP) is 3.53. The second kappa shape index (κ2) is 7.58. The number of rotatable bonds is 8. The van der Waals surface area contributed by atoms with Crippen molar-refractivity contribution in [3.8, 4) is 5.75 Å². The summed E-state index contributed by atoms with van der Waals surface area (Å²) in [7, 11) is -1.88. The molecule has 0 saturated heterocycles. The molecule has 20 heavy (non-hydrogen) atoms. The lowest BCUT2D eigenvalue weighted by Crippen LogP contribution is -2.20. The Morgan fingerprint density at radius 1 is 1.15 bits per heavy atom. The number of ketones is 1. The molecule has 1 rings (SSSR count). The van der Waals surface area contributed by atoms with Crippen LogP contribution in [-0.2, 0) is 13.6 Å². The Kier molecular flexibility index (Phi) is 6.40. The highest BCUT2D eigenvalue weighted by Crippen LogP contribution is 2.53. The number of hydrogen-bond acceptors (Lipinski definition) is 5. The number of benzene rings is 1. The van der Waals surface area contributed by atoms with Crippen LogP contribution in [0.15, 0.2) is 24.3 Å². The lowest BCUT2D eigenvalue weighted by Gasteiger charge is -2.22. The summed E-state index contributed by atoms with van der Waals surface area (Å²) in [6.07, 6.45) is 0. The topological polar surface area (TPSA) is 61.8 Å². The second-order valence-electron chi connectivity index (χ2n) is 4.14. The quantitative estimate of drug-likeness (QED) is 0.543. The van der Waals surface area contributed by atoms with Crippen molar-refractivity contribution in [3.63, 3.8) is 0 Å². The average molecular weight is 300 g/mol. The van der Waals surface area contributed by atoms with Crippen LogP contribution in [0.3, 0.4) is 0 Å². The van der Waals surface area contributed by atoms with Crippen molar-refractivity contribution in [3.05, 3.63) is 29.8 Å². The summed E-state index contributed by atoms with van der Waals surface area (Å²) in [5.74, 6) is 0.393. The SMILES string of the molecule is CCOP(=O)(OCC)C(C)C(=O)c1ccc(OC)cc1. The van der Waals surface area contributed by atoms with Gasteiger partial charge in [-0.25, -0.2) is 0 Å². The van der Waals surface area contributed by atoms with Gasteiger partial charge in [-0.05, 0) is 45.0 Å². The zero-order valence-corrected chi connectivity index (χ0v) is 13.2. The summed E-state index contributed by atoms with van der Waals surface area (Å²) in [5, 5.41) is 0. The highest BCUT2D eigenvalue weighted by molar-refractivity contribution is 7.55. The molecule has 0 saturated carbocycles. The van der Waals surface area contributed by atoms with Crippen molar-refractivity contribution in [1.82, 2.24) is 0 Å². The van der Waals surface area contributed by atoms with E-state index >= 15 is 0 Å². The third-order valence-corrected chi connectivity index (χ3v) is 5.27. The molecule has 1 unspecified atom stereocenters. The molecule has 0 aliphatic rings. The van der Waals surface area contributed by atoms with Crippen molar-refractivity contribution >= 4 is 13.4 Å². The molecule has 1 aromatic carbocycles. The maximum Gasteiger partial charge on any atom is 0.341 e. The van der Waals surface area contributed by atoms with Gasteiger partial charge in [0.05, 0.1) is 20.3 Å². The largest absolute Gasteiger partial charge is 0.497 e. The summed E-state index contributed by atoms with van der Waals surface area (Å²) in [5.41, 5.74) is -0.381. The van der Waals surface area contributed by atoms with Crippen LogP contribution in [0.2, 0.25) is 0 Å². The molecule has 0 N–H and O–H groups in total. The lowest BCUT2D eigenvalue weighted by atomic mass is 10.1. The average Bonchev–Trinajstić information content (AvgIpc) is 2.46. The minimum Gasteiger partial charge on any atom is -0.497 e. The summed E-state index contributed by atoms with van der Waals surface area (Å²) in [4.78, 5) is 12.4. The molecule has 0 aliphatic heterocycles. The first kappa shape index (κ1) is 16.9. The number of hydrogen-bond donors (Lipinski definition) is 0. The minimum absolute atomic E-state index is 0.234. The molecule has 0 aromatic heterocycles. The Labute approximate surface area is 119 Å². The van der Waals surface area contributed by atoms with Crippen LogP contribution >= 0.6 is 7.60 Å². The van der Waals surface area contributed by atoms with E-state index in [2.05, 4.69) is 0 Å². The third kappa shape index (κ3) is 3.92. The van der Waals surface area contributed by atoms with Gasteiger partial charge in [0.1, 0.15) is 11.4 Å². The number of Topliss-reactive ketones (excluding diaryl/α,β-unsaturated/α-hetero) is 1. The zero-order chi connectivity index (χ0) is 15.2. The smallest absolute Gasteiger partial charge is 0.341 e. The summed E-state index contributed by atoms with van der Waals surface area (Å²) < 4.78 is 28.0. The molecule has 0 fully saturated rings. The van der Waals surface area contributed by atoms with Crippen molar-refractivity contribution in [2.24, 2.45) is 0 Å². The standard InChI is InChI=1S/C14H21O5P/c1-5-18-20(16,19-6-2)11(3)14(15)12-7-9-13(17-4)10-8-12/h7-11H,5-6H2,1-4H3. The molecule has 0 spiro atoms. The molecular weight excluding hydrogens is 279 g/mol. The van der Waals surface area contributed by atoms with Gasteiger partial charge in [-0.2, -0.15) is 0 Å². The molecule has 0 bridgehead atoms. The first-order chi connectivity index (χ1) is 9.48. The lowest BCUT2D eigenvalue weighted by molar-refractivity contribution is 0.0973. The van der Waals surface area contributed by atoms with E-state index in [9.17, 15) is 9.36 Å². The van der Waals surface area contributed by atoms with Crippen LogP contribution in [0.4, 0.5) is 0 Å². The fourth-order valence-corrected chi connectivity index (χ4v) is 3.44. The summed E-state index contributed by atoms with van der Waals surface area (Å²) in [6.45, 7) is 5.47. The molecule has 1 aromatic rings. The van der Waals surface area contributed by atoms with Crippen LogP contribution in [0.1, 0.15) is 31.1 Å². The molecule has 5 nitrogen and oxygen atoms in total. The highest BCUT2D eigenvalue weighted by Gasteiger charge is 2.37. The van der Waals surface area contributed by atoms with Gasteiger partial charge in [-0.15, -0.1) is 0 Å². The maximum absolute atomic E-state index is 12.6. The summed E-state index contributed by atoms with van der Waals surface area (Å²) in [6, 6.07) is 6.65. The number of methoxy groups -OCH3 is 1. The van der Waals surface area contributed by atoms with Gasteiger partial charge in [-0.1, -0.05) is 0 Å². The zero-order valence-electron chi connectivity index (χ0n) is 12.3. The first-order valence-corrected chi connectivity index (χ1v) is 8.16. The molecule has 1 atom stereocenters. The molecule has 0 amide bonds. The fraction of sp³-hybridized carbons (Fsp3) is 0.500. The van der Waals surface area contributed by atoms with E-state index in [0.29, 0.717) is 11.3 Å². The van der Waals surface area contributed by atoms with Gasteiger partial charge in [0.25, 0.3) is 0 Å². The van der Waals surface area contributed by atoms with Gasteiger partial charge in [0, 0.05) is 5.56 Å². The van der Waals surface area contributed by atoms with E-state index in [0.717, 1.165) is 0 Å². The van der Waals surface area contributed by atoms with Gasteiger partial charge >= 0.3 is 7.60 Å². The second-order valence-corrected chi connectivity index (χ2v) is 6.51. The minimum atomic E-state index is -3.43. The molecule has 6 heteroatoms. The van der Waals surface area contributed by atoms with Gasteiger partial charge < -0.3 is 13.8 Å². The van der Waals surface area contributed by atoms with Gasteiger partial charge in [0.15, 0.2) is 5.78 Å². The van der Waals surface area contributed by atoms with Crippen LogP contribution in [-0.4, -0.2) is 31.8 Å². The summed E-state index contributed by atoms with van der Waals surface area (Å²) >= 11 is 0. The predicted molar refractivity (Wildman–Crippen MR) is 77.6 cm³/mol. The van der Waals surface area contributed by atoms with E-state index in [1.165, 1.54) is 0 Å². The molecular formula is C14H21O5P. The van der Waals surface area contributed by atoms with E-state index in [1.54, 1.807) is 52.1 Å². The normalized spacial score (nSPS) is 13.0. The van der Waals surface area contributed by atoms with Crippen LogP contribution in [0, 0.1) is 0 Å².